The van der Waals surface area contributed by atoms with E-state index in [0.717, 1.165) is 32.3 Å². The number of carbonyl (C=O) groups excluding carboxylic acids is 1. The summed E-state index contributed by atoms with van der Waals surface area (Å²) >= 11 is 0. The van der Waals surface area contributed by atoms with Crippen LogP contribution in [-0.4, -0.2) is 31.7 Å². The highest BCUT2D eigenvalue weighted by atomic mass is 16.5. The maximum absolute atomic E-state index is 12.2. The number of carbonyl (C=O) groups is 1. The average Bonchev–Trinajstić information content (AvgIpc) is 3.10. The summed E-state index contributed by atoms with van der Waals surface area (Å²) in [4.78, 5) is 12.2. The van der Waals surface area contributed by atoms with Gasteiger partial charge in [0, 0.05) is 19.1 Å². The molecule has 2 aliphatic rings. The zero-order valence-corrected chi connectivity index (χ0v) is 9.41. The number of hydrogen-bond acceptors (Lipinski definition) is 3. The normalized spacial score (nSPS) is 28.7. The number of hydrogen-bond donors (Lipinski definition) is 0. The molecule has 0 aromatic carbocycles. The van der Waals surface area contributed by atoms with Gasteiger partial charge in [0.25, 0.3) is 0 Å². The molecule has 2 unspecified atom stereocenters. The third-order valence-electron chi connectivity index (χ3n) is 3.24. The summed E-state index contributed by atoms with van der Waals surface area (Å²) in [7, 11) is 0. The fourth-order valence-corrected chi connectivity index (χ4v) is 2.23. The fraction of sp³-hybridized carbons (Fsp3) is 0.917. The molecule has 0 radical (unpaired) electrons. The molecule has 15 heavy (non-hydrogen) atoms. The van der Waals surface area contributed by atoms with Gasteiger partial charge < -0.3 is 9.47 Å². The Morgan fingerprint density at radius 2 is 2.27 bits per heavy atom. The first kappa shape index (κ1) is 11.1. The largest absolute Gasteiger partial charge is 0.381 e. The van der Waals surface area contributed by atoms with Gasteiger partial charge in [-0.15, -0.1) is 0 Å². The highest BCUT2D eigenvalue weighted by molar-refractivity contribution is 5.86. The van der Waals surface area contributed by atoms with E-state index in [4.69, 9.17) is 9.47 Å². The van der Waals surface area contributed by atoms with Gasteiger partial charge in [-0.2, -0.15) is 0 Å². The maximum Gasteiger partial charge on any atom is 0.167 e. The van der Waals surface area contributed by atoms with Gasteiger partial charge in [-0.1, -0.05) is 0 Å². The minimum absolute atomic E-state index is 0.0934. The van der Waals surface area contributed by atoms with Crippen molar-refractivity contribution in [2.75, 3.05) is 19.8 Å². The van der Waals surface area contributed by atoms with E-state index in [1.807, 2.05) is 6.92 Å². The fourth-order valence-electron chi connectivity index (χ4n) is 2.23. The first-order valence-corrected chi connectivity index (χ1v) is 6.06. The van der Waals surface area contributed by atoms with Crippen molar-refractivity contribution in [2.45, 2.75) is 38.7 Å². The first-order chi connectivity index (χ1) is 7.33. The molecule has 0 aromatic rings. The predicted octanol–water partition coefficient (Wildman–Crippen LogP) is 1.80. The van der Waals surface area contributed by atoms with E-state index in [2.05, 4.69) is 0 Å². The highest BCUT2D eigenvalue weighted by Gasteiger charge is 2.39. The van der Waals surface area contributed by atoms with Crippen LogP contribution in [-0.2, 0) is 14.3 Å². The minimum Gasteiger partial charge on any atom is -0.381 e. The van der Waals surface area contributed by atoms with Crippen LogP contribution in [0, 0.1) is 11.8 Å². The second-order valence-electron chi connectivity index (χ2n) is 4.53. The third kappa shape index (κ3) is 2.79. The van der Waals surface area contributed by atoms with E-state index in [-0.39, 0.29) is 12.0 Å². The minimum atomic E-state index is -0.137. The van der Waals surface area contributed by atoms with Crippen molar-refractivity contribution in [1.82, 2.24) is 0 Å². The van der Waals surface area contributed by atoms with Crippen LogP contribution < -0.4 is 0 Å². The average molecular weight is 212 g/mol. The van der Waals surface area contributed by atoms with Crippen LogP contribution in [0.3, 0.4) is 0 Å². The van der Waals surface area contributed by atoms with E-state index < -0.39 is 0 Å². The smallest absolute Gasteiger partial charge is 0.167 e. The number of rotatable bonds is 5. The Kier molecular flexibility index (Phi) is 3.76. The van der Waals surface area contributed by atoms with E-state index in [1.54, 1.807) is 0 Å². The van der Waals surface area contributed by atoms with Gasteiger partial charge >= 0.3 is 0 Å². The predicted molar refractivity (Wildman–Crippen MR) is 56.7 cm³/mol. The van der Waals surface area contributed by atoms with Gasteiger partial charge in [-0.25, -0.2) is 0 Å². The summed E-state index contributed by atoms with van der Waals surface area (Å²) < 4.78 is 10.9. The van der Waals surface area contributed by atoms with Gasteiger partial charge in [0.05, 0.1) is 6.61 Å². The van der Waals surface area contributed by atoms with Crippen molar-refractivity contribution in [1.29, 1.82) is 0 Å². The summed E-state index contributed by atoms with van der Waals surface area (Å²) in [5.41, 5.74) is 0. The zero-order valence-electron chi connectivity index (χ0n) is 9.41. The van der Waals surface area contributed by atoms with Gasteiger partial charge in [0.15, 0.2) is 5.78 Å². The van der Waals surface area contributed by atoms with Crippen LogP contribution in [0.5, 0.6) is 0 Å². The molecule has 2 rings (SSSR count). The highest BCUT2D eigenvalue weighted by Crippen LogP contribution is 2.36. The molecule has 2 fully saturated rings. The topological polar surface area (TPSA) is 35.5 Å². The van der Waals surface area contributed by atoms with Crippen LogP contribution in [0.25, 0.3) is 0 Å². The van der Waals surface area contributed by atoms with Crippen molar-refractivity contribution < 1.29 is 14.3 Å². The lowest BCUT2D eigenvalue weighted by atomic mass is 9.92. The molecule has 86 valence electrons. The van der Waals surface area contributed by atoms with Crippen molar-refractivity contribution in [2.24, 2.45) is 11.8 Å². The third-order valence-corrected chi connectivity index (χ3v) is 3.24. The molecule has 1 heterocycles. The monoisotopic (exact) mass is 212 g/mol. The molecule has 1 saturated carbocycles. The quantitative estimate of drug-likeness (QED) is 0.697. The summed E-state index contributed by atoms with van der Waals surface area (Å²) in [6.07, 6.45) is 4.17. The van der Waals surface area contributed by atoms with Gasteiger partial charge in [-0.05, 0) is 38.5 Å². The molecule has 0 amide bonds. The first-order valence-electron chi connectivity index (χ1n) is 6.06. The van der Waals surface area contributed by atoms with E-state index in [9.17, 15) is 4.79 Å². The molecule has 3 nitrogen and oxygen atoms in total. The SMILES string of the molecule is CCOC(C(=O)C1CCCOC1)C1CC1. The van der Waals surface area contributed by atoms with Crippen molar-refractivity contribution >= 4 is 5.78 Å². The second kappa shape index (κ2) is 5.08. The van der Waals surface area contributed by atoms with Crippen LogP contribution in [0.2, 0.25) is 0 Å². The molecular formula is C12H20O3. The molecule has 1 aliphatic carbocycles. The molecular weight excluding hydrogens is 192 g/mol. The van der Waals surface area contributed by atoms with E-state index in [1.165, 1.54) is 0 Å². The van der Waals surface area contributed by atoms with Crippen LogP contribution in [0.15, 0.2) is 0 Å². The van der Waals surface area contributed by atoms with Crippen molar-refractivity contribution in [3.05, 3.63) is 0 Å². The Bertz CT molecular complexity index is 217. The Morgan fingerprint density at radius 3 is 2.80 bits per heavy atom. The lowest BCUT2D eigenvalue weighted by Crippen LogP contribution is -2.36. The number of ketones is 1. The van der Waals surface area contributed by atoms with Gasteiger partial charge in [0.1, 0.15) is 6.10 Å². The van der Waals surface area contributed by atoms with E-state index >= 15 is 0 Å². The van der Waals surface area contributed by atoms with Crippen LogP contribution in [0.1, 0.15) is 32.6 Å². The van der Waals surface area contributed by atoms with Crippen LogP contribution >= 0.6 is 0 Å². The number of ether oxygens (including phenoxy) is 2. The maximum atomic E-state index is 12.2. The number of Topliss-reactive ketones (excluding diaryl/α,β-unsaturated/α-hetero) is 1. The zero-order chi connectivity index (χ0) is 10.7. The molecule has 0 aromatic heterocycles. The summed E-state index contributed by atoms with van der Waals surface area (Å²) in [6, 6.07) is 0. The summed E-state index contributed by atoms with van der Waals surface area (Å²) in [5, 5.41) is 0. The molecule has 1 aliphatic heterocycles. The summed E-state index contributed by atoms with van der Waals surface area (Å²) in [5.74, 6) is 0.884. The Balaban J connectivity index is 1.90. The van der Waals surface area contributed by atoms with Gasteiger partial charge in [-0.3, -0.25) is 4.79 Å². The van der Waals surface area contributed by atoms with Gasteiger partial charge in [0.2, 0.25) is 0 Å². The second-order valence-corrected chi connectivity index (χ2v) is 4.53. The molecule has 2 atom stereocenters. The Hall–Kier alpha value is -0.410. The lowest BCUT2D eigenvalue weighted by Gasteiger charge is -2.25. The van der Waals surface area contributed by atoms with Crippen molar-refractivity contribution in [3.8, 4) is 0 Å². The molecule has 0 spiro atoms. The molecule has 0 bridgehead atoms. The lowest BCUT2D eigenvalue weighted by molar-refractivity contribution is -0.139. The molecule has 1 saturated heterocycles. The van der Waals surface area contributed by atoms with Crippen molar-refractivity contribution in [3.63, 3.8) is 0 Å². The molecule has 3 heteroatoms. The molecule has 0 N–H and O–H groups in total. The Morgan fingerprint density at radius 1 is 1.47 bits per heavy atom. The Labute approximate surface area is 91.1 Å². The summed E-state index contributed by atoms with van der Waals surface area (Å²) in [6.45, 7) is 4.02. The van der Waals surface area contributed by atoms with E-state index in [0.29, 0.717) is 24.9 Å². The van der Waals surface area contributed by atoms with Crippen LogP contribution in [0.4, 0.5) is 0 Å². The standard InChI is InChI=1S/C12H20O3/c1-2-15-12(9-5-6-9)11(13)10-4-3-7-14-8-10/h9-10,12H,2-8H2,1H3.